The second-order valence-corrected chi connectivity index (χ2v) is 6.40. The molecule has 0 aliphatic carbocycles. The van der Waals surface area contributed by atoms with E-state index in [0.717, 1.165) is 0 Å². The fourth-order valence-corrected chi connectivity index (χ4v) is 2.74. The highest BCUT2D eigenvalue weighted by Crippen LogP contribution is 2.22. The summed E-state index contributed by atoms with van der Waals surface area (Å²) >= 11 is 3.14. The van der Waals surface area contributed by atoms with Crippen molar-refractivity contribution in [3.8, 4) is 0 Å². The predicted octanol–water partition coefficient (Wildman–Crippen LogP) is 3.67. The maximum Gasteiger partial charge on any atom is 0.261 e. The lowest BCUT2D eigenvalue weighted by Gasteiger charge is -2.09. The lowest BCUT2D eigenvalue weighted by atomic mass is 10.3. The maximum atomic E-state index is 13.4. The van der Waals surface area contributed by atoms with Crippen LogP contribution in [0.25, 0.3) is 0 Å². The van der Waals surface area contributed by atoms with E-state index in [4.69, 9.17) is 0 Å². The van der Waals surface area contributed by atoms with Gasteiger partial charge in [-0.2, -0.15) is 0 Å². The SMILES string of the molecule is O=S(=O)(Nc1cc(F)c(F)cc1F)c1ccc(Br)cc1. The third kappa shape index (κ3) is 3.13. The zero-order valence-electron chi connectivity index (χ0n) is 9.70. The predicted molar refractivity (Wildman–Crippen MR) is 71.3 cm³/mol. The van der Waals surface area contributed by atoms with Gasteiger partial charge in [0.2, 0.25) is 0 Å². The minimum absolute atomic E-state index is 0.134. The number of rotatable bonds is 3. The summed E-state index contributed by atoms with van der Waals surface area (Å²) < 4.78 is 65.6. The molecule has 0 spiro atoms. The van der Waals surface area contributed by atoms with Gasteiger partial charge in [0.15, 0.2) is 11.6 Å². The molecule has 0 bridgehead atoms. The lowest BCUT2D eigenvalue weighted by molar-refractivity contribution is 0.496. The van der Waals surface area contributed by atoms with Gasteiger partial charge in [-0.1, -0.05) is 15.9 Å². The summed E-state index contributed by atoms with van der Waals surface area (Å²) in [5, 5.41) is 0. The van der Waals surface area contributed by atoms with Gasteiger partial charge in [-0.25, -0.2) is 21.6 Å². The summed E-state index contributed by atoms with van der Waals surface area (Å²) in [5.41, 5.74) is -0.660. The molecule has 8 heteroatoms. The highest BCUT2D eigenvalue weighted by molar-refractivity contribution is 9.10. The number of hydrogen-bond acceptors (Lipinski definition) is 2. The van der Waals surface area contributed by atoms with Crippen LogP contribution in [-0.4, -0.2) is 8.42 Å². The zero-order valence-corrected chi connectivity index (χ0v) is 12.1. The molecule has 106 valence electrons. The van der Waals surface area contributed by atoms with Crippen LogP contribution in [0.3, 0.4) is 0 Å². The monoisotopic (exact) mass is 365 g/mol. The van der Waals surface area contributed by atoms with E-state index in [0.29, 0.717) is 10.5 Å². The van der Waals surface area contributed by atoms with Crippen LogP contribution in [0.4, 0.5) is 18.9 Å². The van der Waals surface area contributed by atoms with Gasteiger partial charge in [-0.3, -0.25) is 4.72 Å². The molecule has 20 heavy (non-hydrogen) atoms. The van der Waals surface area contributed by atoms with Gasteiger partial charge in [-0.05, 0) is 24.3 Å². The smallest absolute Gasteiger partial charge is 0.261 e. The highest BCUT2D eigenvalue weighted by atomic mass is 79.9. The average Bonchev–Trinajstić information content (AvgIpc) is 2.36. The fourth-order valence-electron chi connectivity index (χ4n) is 1.42. The van der Waals surface area contributed by atoms with Crippen molar-refractivity contribution < 1.29 is 21.6 Å². The Morgan fingerprint density at radius 2 is 1.45 bits per heavy atom. The Labute approximate surface area is 121 Å². The molecular weight excluding hydrogens is 359 g/mol. The van der Waals surface area contributed by atoms with E-state index in [9.17, 15) is 21.6 Å². The molecule has 3 nitrogen and oxygen atoms in total. The van der Waals surface area contributed by atoms with Crippen LogP contribution in [0.2, 0.25) is 0 Å². The highest BCUT2D eigenvalue weighted by Gasteiger charge is 2.18. The van der Waals surface area contributed by atoms with Gasteiger partial charge < -0.3 is 0 Å². The van der Waals surface area contributed by atoms with Gasteiger partial charge in [-0.15, -0.1) is 0 Å². The van der Waals surface area contributed by atoms with Gasteiger partial charge >= 0.3 is 0 Å². The molecule has 0 amide bonds. The number of nitrogens with one attached hydrogen (secondary N) is 1. The Kier molecular flexibility index (Phi) is 4.05. The molecule has 2 aromatic carbocycles. The van der Waals surface area contributed by atoms with Gasteiger partial charge in [0.05, 0.1) is 10.6 Å². The van der Waals surface area contributed by atoms with Gasteiger partial charge in [0.1, 0.15) is 5.82 Å². The van der Waals surface area contributed by atoms with Crippen molar-refractivity contribution in [3.05, 3.63) is 58.3 Å². The molecular formula is C12H7BrF3NO2S. The number of sulfonamides is 1. The molecule has 2 rings (SSSR count). The lowest BCUT2D eigenvalue weighted by Crippen LogP contribution is -2.14. The first-order valence-electron chi connectivity index (χ1n) is 5.22. The van der Waals surface area contributed by atoms with Crippen LogP contribution < -0.4 is 4.72 Å². The quantitative estimate of drug-likeness (QED) is 0.843. The van der Waals surface area contributed by atoms with E-state index < -0.39 is 33.2 Å². The summed E-state index contributed by atoms with van der Waals surface area (Å²) in [4.78, 5) is -0.134. The van der Waals surface area contributed by atoms with Crippen molar-refractivity contribution in [2.45, 2.75) is 4.90 Å². The summed E-state index contributed by atoms with van der Waals surface area (Å²) in [6.07, 6.45) is 0. The summed E-state index contributed by atoms with van der Waals surface area (Å²) in [6, 6.07) is 6.25. The first kappa shape index (κ1) is 14.9. The Hall–Kier alpha value is -1.54. The van der Waals surface area contributed by atoms with E-state index in [-0.39, 0.29) is 11.0 Å². The summed E-state index contributed by atoms with van der Waals surface area (Å²) in [6.45, 7) is 0. The molecule has 0 radical (unpaired) electrons. The summed E-state index contributed by atoms with van der Waals surface area (Å²) in [7, 11) is -4.08. The molecule has 1 N–H and O–H groups in total. The van der Waals surface area contributed by atoms with Crippen molar-refractivity contribution in [3.63, 3.8) is 0 Å². The first-order chi connectivity index (χ1) is 9.29. The van der Waals surface area contributed by atoms with Crippen LogP contribution in [0, 0.1) is 17.5 Å². The van der Waals surface area contributed by atoms with Crippen molar-refractivity contribution in [1.29, 1.82) is 0 Å². The van der Waals surface area contributed by atoms with Crippen LogP contribution in [-0.2, 0) is 10.0 Å². The maximum absolute atomic E-state index is 13.4. The van der Waals surface area contributed by atoms with Crippen LogP contribution in [0.15, 0.2) is 45.8 Å². The average molecular weight is 366 g/mol. The van der Waals surface area contributed by atoms with Crippen molar-refractivity contribution in [2.24, 2.45) is 0 Å². The molecule has 0 fully saturated rings. The molecule has 0 saturated heterocycles. The Morgan fingerprint density at radius 3 is 2.05 bits per heavy atom. The van der Waals surface area contributed by atoms with E-state index in [1.54, 1.807) is 0 Å². The van der Waals surface area contributed by atoms with Crippen molar-refractivity contribution >= 4 is 31.6 Å². The number of benzene rings is 2. The standard InChI is InChI=1S/C12H7BrF3NO2S/c13-7-1-3-8(4-2-7)20(18,19)17-12-6-10(15)9(14)5-11(12)16/h1-6,17H. The third-order valence-electron chi connectivity index (χ3n) is 2.38. The molecule has 0 aliphatic rings. The molecule has 0 unspecified atom stereocenters. The van der Waals surface area contributed by atoms with Crippen LogP contribution in [0.1, 0.15) is 0 Å². The molecule has 0 heterocycles. The van der Waals surface area contributed by atoms with Crippen molar-refractivity contribution in [1.82, 2.24) is 0 Å². The van der Waals surface area contributed by atoms with Gasteiger partial charge in [0.25, 0.3) is 10.0 Å². The number of halogens is 4. The number of anilines is 1. The minimum Gasteiger partial charge on any atom is -0.277 e. The molecule has 0 atom stereocenters. The Balaban J connectivity index is 2.38. The van der Waals surface area contributed by atoms with Crippen LogP contribution >= 0.6 is 15.9 Å². The van der Waals surface area contributed by atoms with Gasteiger partial charge in [0, 0.05) is 16.6 Å². The van der Waals surface area contributed by atoms with Crippen molar-refractivity contribution in [2.75, 3.05) is 4.72 Å². The topological polar surface area (TPSA) is 46.2 Å². The summed E-state index contributed by atoms with van der Waals surface area (Å²) in [5.74, 6) is -3.95. The van der Waals surface area contributed by atoms with Crippen LogP contribution in [0.5, 0.6) is 0 Å². The second-order valence-electron chi connectivity index (χ2n) is 3.81. The van der Waals surface area contributed by atoms with E-state index in [1.807, 2.05) is 4.72 Å². The fraction of sp³-hybridized carbons (Fsp3) is 0. The Bertz CT molecular complexity index is 748. The first-order valence-corrected chi connectivity index (χ1v) is 7.50. The molecule has 2 aromatic rings. The Morgan fingerprint density at radius 1 is 0.900 bits per heavy atom. The molecule has 0 aliphatic heterocycles. The molecule has 0 aromatic heterocycles. The van der Waals surface area contributed by atoms with E-state index in [2.05, 4.69) is 15.9 Å². The number of hydrogen-bond donors (Lipinski definition) is 1. The zero-order chi connectivity index (χ0) is 14.9. The largest absolute Gasteiger partial charge is 0.277 e. The normalized spacial score (nSPS) is 11.4. The van der Waals surface area contributed by atoms with E-state index >= 15 is 0 Å². The third-order valence-corrected chi connectivity index (χ3v) is 4.29. The second kappa shape index (κ2) is 5.45. The van der Waals surface area contributed by atoms with E-state index in [1.165, 1.54) is 24.3 Å². The minimum atomic E-state index is -4.08. The molecule has 0 saturated carbocycles.